The fourth-order valence-electron chi connectivity index (χ4n) is 1.08. The smallest absolute Gasteiger partial charge is 0.430 e. The summed E-state index contributed by atoms with van der Waals surface area (Å²) in [4.78, 5) is 10.7. The minimum atomic E-state index is -0.750. The first-order valence-electron chi connectivity index (χ1n) is 3.57. The fourth-order valence-corrected chi connectivity index (χ4v) is 1.08. The highest BCUT2D eigenvalue weighted by atomic mass is 16.4. The van der Waals surface area contributed by atoms with Gasteiger partial charge in [-0.3, -0.25) is 4.79 Å². The van der Waals surface area contributed by atoms with E-state index in [9.17, 15) is 4.79 Å². The summed E-state index contributed by atoms with van der Waals surface area (Å²) < 4.78 is 0. The molecule has 0 saturated carbocycles. The Morgan fingerprint density at radius 3 is 2.08 bits per heavy atom. The predicted molar refractivity (Wildman–Crippen MR) is 47.0 cm³/mol. The van der Waals surface area contributed by atoms with Crippen LogP contribution in [0, 0.1) is 0 Å². The molecule has 0 unspecified atom stereocenters. The summed E-state index contributed by atoms with van der Waals surface area (Å²) >= 11 is 0. The van der Waals surface area contributed by atoms with Crippen molar-refractivity contribution in [2.75, 3.05) is 0 Å². The van der Waals surface area contributed by atoms with Crippen molar-refractivity contribution in [1.29, 1.82) is 0 Å². The minimum absolute atomic E-state index is 0.179. The van der Waals surface area contributed by atoms with Crippen molar-refractivity contribution in [3.8, 4) is 11.1 Å². The Hall–Kier alpha value is -1.13. The third-order valence-electron chi connectivity index (χ3n) is 1.71. The standard InChI is InChI=1S/C8H6O.BH3O2/c1-5(9)8-4-6-2-3-7(6)8;2-1-3/h2-4H,1H3;1-3H. The third-order valence-corrected chi connectivity index (χ3v) is 1.71. The van der Waals surface area contributed by atoms with E-state index in [2.05, 4.69) is 0 Å². The third kappa shape index (κ3) is 1.39. The molecule has 0 aromatic rings. The molecule has 0 aromatic carbocycles. The van der Waals surface area contributed by atoms with E-state index in [1.165, 1.54) is 5.56 Å². The van der Waals surface area contributed by atoms with Crippen LogP contribution < -0.4 is 0 Å². The molecule has 0 radical (unpaired) electrons. The average molecular weight is 164 g/mol. The van der Waals surface area contributed by atoms with E-state index in [0.717, 1.165) is 11.1 Å². The minimum Gasteiger partial charge on any atom is -0.430 e. The molecule has 0 bridgehead atoms. The van der Waals surface area contributed by atoms with Crippen molar-refractivity contribution in [3.05, 3.63) is 23.8 Å². The molecule has 4 heteroatoms. The number of rotatable bonds is 1. The van der Waals surface area contributed by atoms with Crippen molar-refractivity contribution in [2.45, 2.75) is 6.92 Å². The normalized spacial score (nSPS) is 9.58. The molecule has 2 rings (SSSR count). The average Bonchev–Trinajstić information content (AvgIpc) is 1.96. The summed E-state index contributed by atoms with van der Waals surface area (Å²) in [5, 5.41) is 14.2. The van der Waals surface area contributed by atoms with Gasteiger partial charge in [0.2, 0.25) is 0 Å². The van der Waals surface area contributed by atoms with Gasteiger partial charge in [0.25, 0.3) is 0 Å². The highest BCUT2D eigenvalue weighted by Gasteiger charge is 2.18. The van der Waals surface area contributed by atoms with E-state index >= 15 is 0 Å². The zero-order valence-corrected chi connectivity index (χ0v) is 6.74. The predicted octanol–water partition coefficient (Wildman–Crippen LogP) is 0.107. The molecule has 0 heterocycles. The summed E-state index contributed by atoms with van der Waals surface area (Å²) in [6.45, 7) is 1.60. The van der Waals surface area contributed by atoms with Gasteiger partial charge in [-0.25, -0.2) is 0 Å². The number of benzene rings is 1. The van der Waals surface area contributed by atoms with Crippen LogP contribution in [0.2, 0.25) is 0 Å². The molecule has 62 valence electrons. The Bertz CT molecular complexity index is 309. The fraction of sp³-hybridized carbons (Fsp3) is 0.125. The number of Topliss-reactive ketones (excluding diaryl/α,β-unsaturated/α-hetero) is 1. The van der Waals surface area contributed by atoms with Crippen LogP contribution in [0.4, 0.5) is 0 Å². The SMILES string of the molecule is CC(=O)c1cc2ccc1-2.OBO. The Kier molecular flexibility index (Phi) is 2.63. The zero-order chi connectivity index (χ0) is 9.14. The molecule has 0 aliphatic heterocycles. The molecule has 3 nitrogen and oxygen atoms in total. The molecule has 0 spiro atoms. The van der Waals surface area contributed by atoms with Gasteiger partial charge in [-0.2, -0.15) is 0 Å². The molecular weight excluding hydrogens is 155 g/mol. The Labute approximate surface area is 71.0 Å². The molecule has 12 heavy (non-hydrogen) atoms. The van der Waals surface area contributed by atoms with E-state index in [1.54, 1.807) is 6.92 Å². The molecule has 2 aliphatic carbocycles. The molecular formula is C8H9BO3. The summed E-state index contributed by atoms with van der Waals surface area (Å²) in [7, 11) is -0.750. The van der Waals surface area contributed by atoms with Crippen molar-refractivity contribution in [1.82, 2.24) is 0 Å². The molecule has 2 N–H and O–H groups in total. The molecule has 2 aliphatic rings. The van der Waals surface area contributed by atoms with E-state index in [0.29, 0.717) is 0 Å². The van der Waals surface area contributed by atoms with Gasteiger partial charge in [-0.1, -0.05) is 12.1 Å². The Balaban J connectivity index is 0.000000213. The van der Waals surface area contributed by atoms with Gasteiger partial charge in [0.15, 0.2) is 5.78 Å². The van der Waals surface area contributed by atoms with Crippen molar-refractivity contribution < 1.29 is 14.8 Å². The maximum absolute atomic E-state index is 10.7. The Morgan fingerprint density at radius 2 is 2.00 bits per heavy atom. The van der Waals surface area contributed by atoms with Crippen LogP contribution >= 0.6 is 0 Å². The maximum Gasteiger partial charge on any atom is 0.432 e. The lowest BCUT2D eigenvalue weighted by Crippen LogP contribution is -2.04. The number of carbonyl (C=O) groups excluding carboxylic acids is 1. The topological polar surface area (TPSA) is 57.5 Å². The Morgan fingerprint density at radius 1 is 1.42 bits per heavy atom. The lowest BCUT2D eigenvalue weighted by molar-refractivity contribution is 0.101. The maximum atomic E-state index is 10.7. The van der Waals surface area contributed by atoms with Gasteiger partial charge in [0, 0.05) is 5.56 Å². The first kappa shape index (κ1) is 8.97. The van der Waals surface area contributed by atoms with Crippen LogP contribution in [0.25, 0.3) is 11.1 Å². The highest BCUT2D eigenvalue weighted by molar-refractivity contribution is 6.13. The monoisotopic (exact) mass is 164 g/mol. The van der Waals surface area contributed by atoms with Gasteiger partial charge in [0.05, 0.1) is 0 Å². The van der Waals surface area contributed by atoms with Crippen molar-refractivity contribution in [3.63, 3.8) is 0 Å². The highest BCUT2D eigenvalue weighted by Crippen LogP contribution is 2.36. The van der Waals surface area contributed by atoms with Crippen LogP contribution in [0.1, 0.15) is 17.3 Å². The molecule has 0 aromatic heterocycles. The van der Waals surface area contributed by atoms with Crippen molar-refractivity contribution in [2.24, 2.45) is 0 Å². The van der Waals surface area contributed by atoms with Gasteiger partial charge < -0.3 is 10.0 Å². The van der Waals surface area contributed by atoms with Crippen molar-refractivity contribution >= 4 is 13.5 Å². The van der Waals surface area contributed by atoms with E-state index in [-0.39, 0.29) is 5.78 Å². The van der Waals surface area contributed by atoms with Crippen LogP contribution in [0.3, 0.4) is 0 Å². The largest absolute Gasteiger partial charge is 0.432 e. The van der Waals surface area contributed by atoms with E-state index in [1.807, 2.05) is 18.2 Å². The molecule has 0 fully saturated rings. The van der Waals surface area contributed by atoms with Crippen LogP contribution in [-0.2, 0) is 0 Å². The molecule has 0 atom stereocenters. The summed E-state index contributed by atoms with van der Waals surface area (Å²) in [5.41, 5.74) is 3.29. The first-order valence-corrected chi connectivity index (χ1v) is 3.57. The summed E-state index contributed by atoms with van der Waals surface area (Å²) in [6, 6.07) is 5.92. The lowest BCUT2D eigenvalue weighted by atomic mass is 9.85. The van der Waals surface area contributed by atoms with Gasteiger partial charge >= 0.3 is 7.69 Å². The van der Waals surface area contributed by atoms with Gasteiger partial charge in [-0.15, -0.1) is 0 Å². The van der Waals surface area contributed by atoms with Gasteiger partial charge in [0.1, 0.15) is 0 Å². The first-order chi connectivity index (χ1) is 5.70. The van der Waals surface area contributed by atoms with Crippen LogP contribution in [0.15, 0.2) is 18.2 Å². The second-order valence-electron chi connectivity index (χ2n) is 2.46. The molecule has 0 saturated heterocycles. The number of ketones is 1. The summed E-state index contributed by atoms with van der Waals surface area (Å²) in [6.07, 6.45) is 0. The van der Waals surface area contributed by atoms with Crippen LogP contribution in [-0.4, -0.2) is 23.5 Å². The number of hydrogen-bond donors (Lipinski definition) is 2. The lowest BCUT2D eigenvalue weighted by Gasteiger charge is -2.18. The quantitative estimate of drug-likeness (QED) is 0.464. The van der Waals surface area contributed by atoms with Crippen LogP contribution in [0.5, 0.6) is 0 Å². The van der Waals surface area contributed by atoms with E-state index in [4.69, 9.17) is 10.0 Å². The zero-order valence-electron chi connectivity index (χ0n) is 6.74. The number of hydrogen-bond acceptors (Lipinski definition) is 3. The second-order valence-corrected chi connectivity index (χ2v) is 2.46. The summed E-state index contributed by atoms with van der Waals surface area (Å²) in [5.74, 6) is 0.179. The second kappa shape index (κ2) is 3.52. The number of carbonyl (C=O) groups is 1. The van der Waals surface area contributed by atoms with Gasteiger partial charge in [-0.05, 0) is 24.1 Å². The number of fused-ring (bicyclic) bond motifs is 1. The van der Waals surface area contributed by atoms with E-state index < -0.39 is 7.69 Å². The molecule has 0 amide bonds.